The van der Waals surface area contributed by atoms with Crippen LogP contribution >= 0.6 is 15.9 Å². The van der Waals surface area contributed by atoms with Crippen molar-refractivity contribution in [3.63, 3.8) is 0 Å². The molecule has 0 bridgehead atoms. The molecule has 1 amide bonds. The van der Waals surface area contributed by atoms with Crippen molar-refractivity contribution in [2.75, 3.05) is 5.32 Å². The number of hydrogen-bond donors (Lipinski definition) is 1. The van der Waals surface area contributed by atoms with Gasteiger partial charge in [-0.2, -0.15) is 0 Å². The molecule has 7 heteroatoms. The molecule has 0 fully saturated rings. The minimum atomic E-state index is -0.939. The number of nitro groups is 1. The molecule has 5 nitrogen and oxygen atoms in total. The van der Waals surface area contributed by atoms with Crippen LogP contribution in [0.4, 0.5) is 15.8 Å². The molecule has 0 spiro atoms. The molecule has 2 rings (SSSR count). The van der Waals surface area contributed by atoms with Gasteiger partial charge in [-0.15, -0.1) is 0 Å². The van der Waals surface area contributed by atoms with E-state index in [9.17, 15) is 19.3 Å². The molecule has 0 aromatic heterocycles. The van der Waals surface area contributed by atoms with Crippen LogP contribution in [-0.2, 0) is 0 Å². The second-order valence-electron chi connectivity index (χ2n) is 4.31. The van der Waals surface area contributed by atoms with Crippen LogP contribution in [-0.4, -0.2) is 10.8 Å². The van der Waals surface area contributed by atoms with E-state index in [0.717, 1.165) is 23.8 Å². The number of non-ortho nitro benzene ring substituents is 1. The smallest absolute Gasteiger partial charge is 0.272 e. The van der Waals surface area contributed by atoms with E-state index in [4.69, 9.17) is 0 Å². The van der Waals surface area contributed by atoms with Gasteiger partial charge in [-0.05, 0) is 40.5 Å². The summed E-state index contributed by atoms with van der Waals surface area (Å²) >= 11 is 3.33. The van der Waals surface area contributed by atoms with Gasteiger partial charge in [0.25, 0.3) is 11.6 Å². The van der Waals surface area contributed by atoms with Crippen LogP contribution in [0.1, 0.15) is 15.9 Å². The number of amides is 1. The Morgan fingerprint density at radius 1 is 1.33 bits per heavy atom. The summed E-state index contributed by atoms with van der Waals surface area (Å²) in [7, 11) is 0. The zero-order chi connectivity index (χ0) is 15.6. The summed E-state index contributed by atoms with van der Waals surface area (Å²) in [4.78, 5) is 21.9. The summed E-state index contributed by atoms with van der Waals surface area (Å²) in [6, 6.07) is 8.17. The zero-order valence-corrected chi connectivity index (χ0v) is 12.5. The Labute approximate surface area is 128 Å². The first kappa shape index (κ1) is 15.1. The lowest BCUT2D eigenvalue weighted by Crippen LogP contribution is -2.14. The second-order valence-corrected chi connectivity index (χ2v) is 5.10. The van der Waals surface area contributed by atoms with Gasteiger partial charge in [-0.3, -0.25) is 14.9 Å². The van der Waals surface area contributed by atoms with Crippen LogP contribution < -0.4 is 5.32 Å². The molecule has 21 heavy (non-hydrogen) atoms. The van der Waals surface area contributed by atoms with E-state index >= 15 is 0 Å². The van der Waals surface area contributed by atoms with Crippen LogP contribution in [0.25, 0.3) is 0 Å². The van der Waals surface area contributed by atoms with Crippen molar-refractivity contribution in [2.24, 2.45) is 0 Å². The first-order valence-corrected chi connectivity index (χ1v) is 6.70. The molecule has 0 aliphatic heterocycles. The van der Waals surface area contributed by atoms with E-state index in [2.05, 4.69) is 21.2 Å². The highest BCUT2D eigenvalue weighted by Crippen LogP contribution is 2.26. The van der Waals surface area contributed by atoms with Crippen molar-refractivity contribution >= 4 is 33.2 Å². The largest absolute Gasteiger partial charge is 0.321 e. The number of carbonyl (C=O) groups is 1. The van der Waals surface area contributed by atoms with Crippen LogP contribution in [0.15, 0.2) is 40.9 Å². The maximum Gasteiger partial charge on any atom is 0.272 e. The maximum atomic E-state index is 13.8. The number of nitro benzene ring substituents is 1. The van der Waals surface area contributed by atoms with Crippen LogP contribution in [0.2, 0.25) is 0 Å². The van der Waals surface area contributed by atoms with Gasteiger partial charge in [0.15, 0.2) is 0 Å². The third kappa shape index (κ3) is 3.25. The molecule has 0 unspecified atom stereocenters. The lowest BCUT2D eigenvalue weighted by atomic mass is 10.1. The zero-order valence-electron chi connectivity index (χ0n) is 10.9. The molecule has 1 N–H and O–H groups in total. The fourth-order valence-electron chi connectivity index (χ4n) is 1.74. The molecular weight excluding hydrogens is 343 g/mol. The quantitative estimate of drug-likeness (QED) is 0.668. The molecule has 0 aliphatic carbocycles. The number of rotatable bonds is 3. The van der Waals surface area contributed by atoms with Crippen molar-refractivity contribution in [1.82, 2.24) is 0 Å². The van der Waals surface area contributed by atoms with Crippen molar-refractivity contribution in [3.8, 4) is 0 Å². The summed E-state index contributed by atoms with van der Waals surface area (Å²) < 4.78 is 14.5. The SMILES string of the molecule is Cc1cccc(NC(=O)c2ccc([N+](=O)[O-])cc2F)c1Br. The summed E-state index contributed by atoms with van der Waals surface area (Å²) in [5.74, 6) is -1.61. The molecule has 0 saturated carbocycles. The van der Waals surface area contributed by atoms with E-state index in [1.807, 2.05) is 13.0 Å². The predicted octanol–water partition coefficient (Wildman–Crippen LogP) is 4.06. The minimum absolute atomic E-state index is 0.256. The average molecular weight is 353 g/mol. The van der Waals surface area contributed by atoms with Crippen LogP contribution in [0.5, 0.6) is 0 Å². The highest BCUT2D eigenvalue weighted by Gasteiger charge is 2.17. The number of aryl methyl sites for hydroxylation is 1. The lowest BCUT2D eigenvalue weighted by Gasteiger charge is -2.09. The number of hydrogen-bond acceptors (Lipinski definition) is 3. The Hall–Kier alpha value is -2.28. The Kier molecular flexibility index (Phi) is 4.32. The Balaban J connectivity index is 2.29. The minimum Gasteiger partial charge on any atom is -0.321 e. The van der Waals surface area contributed by atoms with Gasteiger partial charge in [-0.1, -0.05) is 12.1 Å². The van der Waals surface area contributed by atoms with Crippen LogP contribution in [0.3, 0.4) is 0 Å². The van der Waals surface area contributed by atoms with Gasteiger partial charge in [0.2, 0.25) is 0 Å². The standard InChI is InChI=1S/C14H10BrFN2O3/c1-8-3-2-4-12(13(8)15)17-14(19)10-6-5-9(18(20)21)7-11(10)16/h2-7H,1H3,(H,17,19). The highest BCUT2D eigenvalue weighted by atomic mass is 79.9. The maximum absolute atomic E-state index is 13.8. The Morgan fingerprint density at radius 3 is 2.67 bits per heavy atom. The Morgan fingerprint density at radius 2 is 2.05 bits per heavy atom. The third-order valence-corrected chi connectivity index (χ3v) is 3.90. The molecule has 0 atom stereocenters. The third-order valence-electron chi connectivity index (χ3n) is 2.85. The van der Waals surface area contributed by atoms with Gasteiger partial charge in [0.05, 0.1) is 22.2 Å². The number of halogens is 2. The van der Waals surface area contributed by atoms with Gasteiger partial charge in [0.1, 0.15) is 5.82 Å². The number of benzene rings is 2. The first-order valence-electron chi connectivity index (χ1n) is 5.90. The van der Waals surface area contributed by atoms with Gasteiger partial charge < -0.3 is 5.32 Å². The first-order chi connectivity index (χ1) is 9.90. The second kappa shape index (κ2) is 6.01. The number of nitrogens with zero attached hydrogens (tertiary/aromatic N) is 1. The van der Waals surface area contributed by atoms with Crippen molar-refractivity contribution in [2.45, 2.75) is 6.92 Å². The van der Waals surface area contributed by atoms with Crippen molar-refractivity contribution < 1.29 is 14.1 Å². The molecule has 0 aliphatic rings. The van der Waals surface area contributed by atoms with Gasteiger partial charge in [0, 0.05) is 10.5 Å². The average Bonchev–Trinajstić information content (AvgIpc) is 2.43. The summed E-state index contributed by atoms with van der Waals surface area (Å²) in [5.41, 5.74) is 0.754. The van der Waals surface area contributed by atoms with Gasteiger partial charge in [-0.25, -0.2) is 4.39 Å². The predicted molar refractivity (Wildman–Crippen MR) is 79.9 cm³/mol. The molecule has 0 saturated heterocycles. The van der Waals surface area contributed by atoms with Crippen molar-refractivity contribution in [3.05, 3.63) is 67.9 Å². The summed E-state index contributed by atoms with van der Waals surface area (Å²) in [5, 5.41) is 13.1. The summed E-state index contributed by atoms with van der Waals surface area (Å²) in [6.45, 7) is 1.85. The van der Waals surface area contributed by atoms with E-state index in [1.54, 1.807) is 12.1 Å². The van der Waals surface area contributed by atoms with E-state index < -0.39 is 22.3 Å². The molecule has 2 aromatic carbocycles. The van der Waals surface area contributed by atoms with Crippen LogP contribution in [0, 0.1) is 22.9 Å². The molecular formula is C14H10BrFN2O3. The lowest BCUT2D eigenvalue weighted by molar-refractivity contribution is -0.385. The number of carbonyl (C=O) groups excluding carboxylic acids is 1. The topological polar surface area (TPSA) is 72.2 Å². The van der Waals surface area contributed by atoms with Crippen molar-refractivity contribution in [1.29, 1.82) is 0 Å². The summed E-state index contributed by atoms with van der Waals surface area (Å²) in [6.07, 6.45) is 0. The molecule has 0 heterocycles. The van der Waals surface area contributed by atoms with E-state index in [-0.39, 0.29) is 5.56 Å². The number of nitrogens with one attached hydrogen (secondary N) is 1. The monoisotopic (exact) mass is 352 g/mol. The number of anilines is 1. The molecule has 108 valence electrons. The highest BCUT2D eigenvalue weighted by molar-refractivity contribution is 9.10. The van der Waals surface area contributed by atoms with E-state index in [0.29, 0.717) is 10.2 Å². The molecule has 0 radical (unpaired) electrons. The Bertz CT molecular complexity index is 734. The van der Waals surface area contributed by atoms with Gasteiger partial charge >= 0.3 is 0 Å². The molecule has 2 aromatic rings. The fourth-order valence-corrected chi connectivity index (χ4v) is 2.10. The van der Waals surface area contributed by atoms with E-state index in [1.165, 1.54) is 0 Å². The fraction of sp³-hybridized carbons (Fsp3) is 0.0714. The normalized spacial score (nSPS) is 10.2.